The topological polar surface area (TPSA) is 50.2 Å². The third kappa shape index (κ3) is 2.78. The number of nitrogens with zero attached hydrogens (tertiary/aromatic N) is 1. The number of pyridine rings is 1. The molecule has 0 spiro atoms. The molecule has 0 aromatic carbocycles. The van der Waals surface area contributed by atoms with Crippen LogP contribution < -0.4 is 0 Å². The second kappa shape index (κ2) is 4.91. The molecule has 0 atom stereocenters. The number of aromatic nitrogens is 1. The molecule has 0 unspecified atom stereocenters. The fourth-order valence-electron chi connectivity index (χ4n) is 1.46. The van der Waals surface area contributed by atoms with Gasteiger partial charge in [-0.2, -0.15) is 0 Å². The fourth-order valence-corrected chi connectivity index (χ4v) is 1.46. The molecule has 0 saturated heterocycles. The van der Waals surface area contributed by atoms with Gasteiger partial charge in [0.25, 0.3) is 0 Å². The normalized spacial score (nSPS) is 10.7. The predicted molar refractivity (Wildman–Crippen MR) is 59.3 cm³/mol. The molecule has 0 aliphatic heterocycles. The highest BCUT2D eigenvalue weighted by Crippen LogP contribution is 2.16. The van der Waals surface area contributed by atoms with Crippen molar-refractivity contribution >= 4 is 5.97 Å². The van der Waals surface area contributed by atoms with Crippen molar-refractivity contribution in [2.24, 2.45) is 0 Å². The van der Waals surface area contributed by atoms with Crippen molar-refractivity contribution in [2.45, 2.75) is 39.5 Å². The SMILES string of the molecule is CCCc1nc(C(C)C)ccc1C(=O)O. The molecule has 0 radical (unpaired) electrons. The van der Waals surface area contributed by atoms with Crippen LogP contribution in [0.3, 0.4) is 0 Å². The number of carboxylic acid groups (broad SMARTS) is 1. The summed E-state index contributed by atoms with van der Waals surface area (Å²) in [5.74, 6) is -0.551. The van der Waals surface area contributed by atoms with Crippen LogP contribution >= 0.6 is 0 Å². The second-order valence-corrected chi connectivity index (χ2v) is 3.94. The van der Waals surface area contributed by atoms with E-state index in [-0.39, 0.29) is 0 Å². The minimum Gasteiger partial charge on any atom is -0.478 e. The van der Waals surface area contributed by atoms with E-state index < -0.39 is 5.97 Å². The van der Waals surface area contributed by atoms with E-state index in [0.717, 1.165) is 18.5 Å². The van der Waals surface area contributed by atoms with E-state index in [9.17, 15) is 4.79 Å². The summed E-state index contributed by atoms with van der Waals surface area (Å²) >= 11 is 0. The number of aromatic carboxylic acids is 1. The maximum absolute atomic E-state index is 10.9. The number of hydrogen-bond acceptors (Lipinski definition) is 2. The van der Waals surface area contributed by atoms with Crippen LogP contribution in [0.4, 0.5) is 0 Å². The summed E-state index contributed by atoms with van der Waals surface area (Å²) in [6.45, 7) is 6.13. The van der Waals surface area contributed by atoms with Crippen molar-refractivity contribution < 1.29 is 9.90 Å². The monoisotopic (exact) mass is 207 g/mol. The van der Waals surface area contributed by atoms with E-state index in [1.165, 1.54) is 0 Å². The number of aryl methyl sites for hydroxylation is 1. The van der Waals surface area contributed by atoms with Gasteiger partial charge in [-0.1, -0.05) is 27.2 Å². The van der Waals surface area contributed by atoms with Gasteiger partial charge < -0.3 is 5.11 Å². The van der Waals surface area contributed by atoms with E-state index in [1.54, 1.807) is 12.1 Å². The van der Waals surface area contributed by atoms with Crippen molar-refractivity contribution in [3.8, 4) is 0 Å². The first-order valence-electron chi connectivity index (χ1n) is 5.29. The molecule has 0 amide bonds. The molecule has 3 nitrogen and oxygen atoms in total. The first-order chi connectivity index (χ1) is 7.06. The van der Waals surface area contributed by atoms with Gasteiger partial charge in [-0.05, 0) is 24.5 Å². The summed E-state index contributed by atoms with van der Waals surface area (Å²) in [5, 5.41) is 8.98. The van der Waals surface area contributed by atoms with E-state index in [1.807, 2.05) is 6.92 Å². The Morgan fingerprint density at radius 3 is 2.60 bits per heavy atom. The molecular weight excluding hydrogens is 190 g/mol. The maximum atomic E-state index is 10.9. The van der Waals surface area contributed by atoms with Crippen molar-refractivity contribution in [3.63, 3.8) is 0 Å². The largest absolute Gasteiger partial charge is 0.478 e. The van der Waals surface area contributed by atoms with Crippen molar-refractivity contribution in [2.75, 3.05) is 0 Å². The minimum atomic E-state index is -0.888. The maximum Gasteiger partial charge on any atom is 0.337 e. The van der Waals surface area contributed by atoms with Gasteiger partial charge >= 0.3 is 5.97 Å². The zero-order chi connectivity index (χ0) is 11.4. The molecule has 1 N–H and O–H groups in total. The number of carbonyl (C=O) groups is 1. The van der Waals surface area contributed by atoms with Crippen LogP contribution in [-0.4, -0.2) is 16.1 Å². The molecule has 0 fully saturated rings. The van der Waals surface area contributed by atoms with Crippen LogP contribution in [0, 0.1) is 0 Å². The van der Waals surface area contributed by atoms with E-state index in [4.69, 9.17) is 5.11 Å². The quantitative estimate of drug-likeness (QED) is 0.825. The van der Waals surface area contributed by atoms with Gasteiger partial charge in [-0.15, -0.1) is 0 Å². The molecule has 0 aliphatic carbocycles. The molecule has 15 heavy (non-hydrogen) atoms. The third-order valence-corrected chi connectivity index (χ3v) is 2.30. The predicted octanol–water partition coefficient (Wildman–Crippen LogP) is 2.86. The minimum absolute atomic E-state index is 0.334. The Labute approximate surface area is 90.2 Å². The number of rotatable bonds is 4. The Kier molecular flexibility index (Phi) is 3.83. The Morgan fingerprint density at radius 2 is 2.13 bits per heavy atom. The summed E-state index contributed by atoms with van der Waals surface area (Å²) in [6, 6.07) is 3.46. The Bertz CT molecular complexity index is 359. The van der Waals surface area contributed by atoms with Crippen LogP contribution in [0.5, 0.6) is 0 Å². The highest BCUT2D eigenvalue weighted by atomic mass is 16.4. The second-order valence-electron chi connectivity index (χ2n) is 3.94. The third-order valence-electron chi connectivity index (χ3n) is 2.30. The lowest BCUT2D eigenvalue weighted by molar-refractivity contribution is 0.0695. The average Bonchev–Trinajstić information content (AvgIpc) is 2.17. The Morgan fingerprint density at radius 1 is 1.47 bits per heavy atom. The Hall–Kier alpha value is -1.38. The van der Waals surface area contributed by atoms with Gasteiger partial charge in [0.15, 0.2) is 0 Å². The molecule has 1 heterocycles. The smallest absolute Gasteiger partial charge is 0.337 e. The molecule has 0 bridgehead atoms. The molecule has 1 rings (SSSR count). The van der Waals surface area contributed by atoms with E-state index in [0.29, 0.717) is 17.2 Å². The summed E-state index contributed by atoms with van der Waals surface area (Å²) in [4.78, 5) is 15.3. The number of carboxylic acids is 1. The standard InChI is InChI=1S/C12H17NO2/c1-4-5-11-9(12(14)15)6-7-10(13-11)8(2)3/h6-8H,4-5H2,1-3H3,(H,14,15). The summed E-state index contributed by atoms with van der Waals surface area (Å²) in [5.41, 5.74) is 2.00. The molecule has 3 heteroatoms. The lowest BCUT2D eigenvalue weighted by Crippen LogP contribution is -2.07. The van der Waals surface area contributed by atoms with E-state index >= 15 is 0 Å². The van der Waals surface area contributed by atoms with Crippen LogP contribution in [0.15, 0.2) is 12.1 Å². The van der Waals surface area contributed by atoms with Crippen molar-refractivity contribution in [1.82, 2.24) is 4.98 Å². The Balaban J connectivity index is 3.14. The molecular formula is C12H17NO2. The zero-order valence-electron chi connectivity index (χ0n) is 9.45. The summed E-state index contributed by atoms with van der Waals surface area (Å²) < 4.78 is 0. The van der Waals surface area contributed by atoms with Crippen LogP contribution in [-0.2, 0) is 6.42 Å². The van der Waals surface area contributed by atoms with Crippen LogP contribution in [0.25, 0.3) is 0 Å². The summed E-state index contributed by atoms with van der Waals surface area (Å²) in [6.07, 6.45) is 1.64. The lowest BCUT2D eigenvalue weighted by Gasteiger charge is -2.09. The van der Waals surface area contributed by atoms with E-state index in [2.05, 4.69) is 18.8 Å². The van der Waals surface area contributed by atoms with Crippen molar-refractivity contribution in [1.29, 1.82) is 0 Å². The average molecular weight is 207 g/mol. The van der Waals surface area contributed by atoms with Crippen LogP contribution in [0.1, 0.15) is 54.9 Å². The molecule has 82 valence electrons. The van der Waals surface area contributed by atoms with Gasteiger partial charge in [0.2, 0.25) is 0 Å². The van der Waals surface area contributed by atoms with Gasteiger partial charge in [-0.3, -0.25) is 4.98 Å². The summed E-state index contributed by atoms with van der Waals surface area (Å²) in [7, 11) is 0. The van der Waals surface area contributed by atoms with Gasteiger partial charge in [0.05, 0.1) is 11.3 Å². The van der Waals surface area contributed by atoms with Gasteiger partial charge in [0.1, 0.15) is 0 Å². The fraction of sp³-hybridized carbons (Fsp3) is 0.500. The first kappa shape index (κ1) is 11.7. The molecule has 1 aromatic heterocycles. The van der Waals surface area contributed by atoms with Crippen molar-refractivity contribution in [3.05, 3.63) is 29.1 Å². The molecule has 0 saturated carbocycles. The highest BCUT2D eigenvalue weighted by molar-refractivity contribution is 5.88. The molecule has 1 aromatic rings. The molecule has 0 aliphatic rings. The highest BCUT2D eigenvalue weighted by Gasteiger charge is 2.12. The number of hydrogen-bond donors (Lipinski definition) is 1. The lowest BCUT2D eigenvalue weighted by atomic mass is 10.0. The van der Waals surface area contributed by atoms with Gasteiger partial charge in [0, 0.05) is 5.69 Å². The van der Waals surface area contributed by atoms with Gasteiger partial charge in [-0.25, -0.2) is 4.79 Å². The first-order valence-corrected chi connectivity index (χ1v) is 5.29. The van der Waals surface area contributed by atoms with Crippen LogP contribution in [0.2, 0.25) is 0 Å². The zero-order valence-corrected chi connectivity index (χ0v) is 9.45.